The van der Waals surface area contributed by atoms with Crippen molar-refractivity contribution in [2.24, 2.45) is 0 Å². The van der Waals surface area contributed by atoms with E-state index in [0.29, 0.717) is 6.04 Å². The lowest BCUT2D eigenvalue weighted by molar-refractivity contribution is -0.137. The summed E-state index contributed by atoms with van der Waals surface area (Å²) in [6.45, 7) is 3.70. The number of rotatable bonds is 4. The van der Waals surface area contributed by atoms with E-state index < -0.39 is 5.97 Å². The lowest BCUT2D eigenvalue weighted by atomic mass is 9.98. The van der Waals surface area contributed by atoms with Gasteiger partial charge >= 0.3 is 5.97 Å². The van der Waals surface area contributed by atoms with E-state index in [9.17, 15) is 4.79 Å². The van der Waals surface area contributed by atoms with Crippen molar-refractivity contribution in [1.29, 1.82) is 0 Å². The van der Waals surface area contributed by atoms with Gasteiger partial charge in [-0.1, -0.05) is 12.3 Å². The first kappa shape index (κ1) is 12.1. The van der Waals surface area contributed by atoms with Crippen LogP contribution in [0.1, 0.15) is 39.0 Å². The zero-order chi connectivity index (χ0) is 11.1. The van der Waals surface area contributed by atoms with Crippen LogP contribution in [0.3, 0.4) is 0 Å². The molecule has 1 aliphatic heterocycles. The Balaban J connectivity index is 2.40. The summed E-state index contributed by atoms with van der Waals surface area (Å²) in [5.41, 5.74) is 0. The summed E-state index contributed by atoms with van der Waals surface area (Å²) in [5.74, 6) is 5.26. The Bertz CT molecular complexity index is 265. The second-order valence-corrected chi connectivity index (χ2v) is 3.98. The normalized spacial score (nSPS) is 21.8. The monoisotopic (exact) mass is 209 g/mol. The minimum Gasteiger partial charge on any atom is -0.481 e. The molecule has 0 radical (unpaired) electrons. The number of carbonyl (C=O) groups is 1. The van der Waals surface area contributed by atoms with E-state index in [1.165, 1.54) is 12.8 Å². The van der Waals surface area contributed by atoms with Gasteiger partial charge in [0.25, 0.3) is 0 Å². The van der Waals surface area contributed by atoms with Crippen molar-refractivity contribution in [3.05, 3.63) is 0 Å². The van der Waals surface area contributed by atoms with Gasteiger partial charge in [-0.15, -0.1) is 5.92 Å². The summed E-state index contributed by atoms with van der Waals surface area (Å²) in [7, 11) is 0. The van der Waals surface area contributed by atoms with Gasteiger partial charge in [0, 0.05) is 12.5 Å². The molecule has 1 unspecified atom stereocenters. The third-order valence-corrected chi connectivity index (χ3v) is 2.90. The molecule has 1 heterocycles. The third kappa shape index (κ3) is 4.35. The molecule has 0 saturated carbocycles. The molecular weight excluding hydrogens is 190 g/mol. The van der Waals surface area contributed by atoms with Gasteiger partial charge < -0.3 is 5.11 Å². The van der Waals surface area contributed by atoms with E-state index in [-0.39, 0.29) is 6.42 Å². The van der Waals surface area contributed by atoms with Crippen LogP contribution in [-0.2, 0) is 4.79 Å². The largest absolute Gasteiger partial charge is 0.481 e. The molecule has 1 saturated heterocycles. The maximum Gasteiger partial charge on any atom is 0.303 e. The quantitative estimate of drug-likeness (QED) is 0.717. The van der Waals surface area contributed by atoms with E-state index in [2.05, 4.69) is 16.7 Å². The Morgan fingerprint density at radius 2 is 2.33 bits per heavy atom. The summed E-state index contributed by atoms with van der Waals surface area (Å²) >= 11 is 0. The van der Waals surface area contributed by atoms with E-state index in [0.717, 1.165) is 25.9 Å². The number of hydrogen-bond donors (Lipinski definition) is 1. The number of aliphatic carboxylic acids is 1. The van der Waals surface area contributed by atoms with Gasteiger partial charge in [0.15, 0.2) is 0 Å². The van der Waals surface area contributed by atoms with Crippen LogP contribution in [0.4, 0.5) is 0 Å². The average molecular weight is 209 g/mol. The van der Waals surface area contributed by atoms with Crippen LogP contribution in [0.15, 0.2) is 0 Å². The Morgan fingerprint density at radius 1 is 1.53 bits per heavy atom. The molecule has 0 aliphatic carbocycles. The lowest BCUT2D eigenvalue weighted by Crippen LogP contribution is -2.39. The fraction of sp³-hybridized carbons (Fsp3) is 0.750. The van der Waals surface area contributed by atoms with E-state index >= 15 is 0 Å². The van der Waals surface area contributed by atoms with E-state index in [4.69, 9.17) is 5.11 Å². The van der Waals surface area contributed by atoms with Crippen molar-refractivity contribution < 1.29 is 9.90 Å². The van der Waals surface area contributed by atoms with Gasteiger partial charge in [-0.05, 0) is 32.7 Å². The molecule has 0 spiro atoms. The standard InChI is InChI=1S/C12H19NO2/c1-2-3-9-13-10-5-4-6-11(13)7-8-12(14)15/h11H,4-10H2,1H3,(H,14,15). The molecule has 0 bridgehead atoms. The zero-order valence-electron chi connectivity index (χ0n) is 9.33. The number of hydrogen-bond acceptors (Lipinski definition) is 2. The first-order valence-electron chi connectivity index (χ1n) is 5.59. The summed E-state index contributed by atoms with van der Waals surface area (Å²) in [5, 5.41) is 8.66. The maximum absolute atomic E-state index is 10.5. The molecule has 0 aromatic rings. The minimum atomic E-state index is -0.693. The van der Waals surface area contributed by atoms with E-state index in [1.54, 1.807) is 0 Å². The van der Waals surface area contributed by atoms with Crippen molar-refractivity contribution in [2.75, 3.05) is 13.1 Å². The van der Waals surface area contributed by atoms with Crippen LogP contribution in [0.2, 0.25) is 0 Å². The second-order valence-electron chi connectivity index (χ2n) is 3.98. The minimum absolute atomic E-state index is 0.278. The Kier molecular flexibility index (Phi) is 5.20. The predicted octanol–water partition coefficient (Wildman–Crippen LogP) is 1.73. The SMILES string of the molecule is CC#CCN1CCCCC1CCC(=O)O. The highest BCUT2D eigenvalue weighted by Gasteiger charge is 2.21. The third-order valence-electron chi connectivity index (χ3n) is 2.90. The first-order valence-corrected chi connectivity index (χ1v) is 5.59. The van der Waals surface area contributed by atoms with Gasteiger partial charge in [-0.3, -0.25) is 9.69 Å². The van der Waals surface area contributed by atoms with Gasteiger partial charge in [-0.25, -0.2) is 0 Å². The van der Waals surface area contributed by atoms with Crippen LogP contribution >= 0.6 is 0 Å². The summed E-state index contributed by atoms with van der Waals surface area (Å²) in [6, 6.07) is 0.427. The Morgan fingerprint density at radius 3 is 3.00 bits per heavy atom. The highest BCUT2D eigenvalue weighted by atomic mass is 16.4. The number of nitrogens with zero attached hydrogens (tertiary/aromatic N) is 1. The number of likely N-dealkylation sites (tertiary alicyclic amines) is 1. The van der Waals surface area contributed by atoms with Crippen molar-refractivity contribution >= 4 is 5.97 Å². The molecule has 3 heteroatoms. The molecule has 0 aromatic carbocycles. The van der Waals surface area contributed by atoms with E-state index in [1.807, 2.05) is 6.92 Å². The molecule has 84 valence electrons. The molecule has 3 nitrogen and oxygen atoms in total. The summed E-state index contributed by atoms with van der Waals surface area (Å²) in [4.78, 5) is 12.8. The molecule has 1 N–H and O–H groups in total. The zero-order valence-corrected chi connectivity index (χ0v) is 9.33. The number of piperidine rings is 1. The summed E-state index contributed by atoms with van der Waals surface area (Å²) in [6.07, 6.45) is 4.61. The highest BCUT2D eigenvalue weighted by molar-refractivity contribution is 5.66. The Hall–Kier alpha value is -1.01. The molecule has 0 amide bonds. The van der Waals surface area contributed by atoms with Crippen LogP contribution in [0.25, 0.3) is 0 Å². The summed E-state index contributed by atoms with van der Waals surface area (Å²) < 4.78 is 0. The van der Waals surface area contributed by atoms with Crippen molar-refractivity contribution in [2.45, 2.75) is 45.1 Å². The molecule has 15 heavy (non-hydrogen) atoms. The van der Waals surface area contributed by atoms with Crippen molar-refractivity contribution in [3.8, 4) is 11.8 Å². The smallest absolute Gasteiger partial charge is 0.303 e. The van der Waals surface area contributed by atoms with Crippen molar-refractivity contribution in [3.63, 3.8) is 0 Å². The van der Waals surface area contributed by atoms with Gasteiger partial charge in [0.2, 0.25) is 0 Å². The first-order chi connectivity index (χ1) is 7.24. The van der Waals surface area contributed by atoms with Gasteiger partial charge in [0.05, 0.1) is 6.54 Å². The van der Waals surface area contributed by atoms with Crippen molar-refractivity contribution in [1.82, 2.24) is 4.90 Å². The Labute approximate surface area is 91.5 Å². The maximum atomic E-state index is 10.5. The molecule has 1 rings (SSSR count). The lowest BCUT2D eigenvalue weighted by Gasteiger charge is -2.34. The van der Waals surface area contributed by atoms with Crippen LogP contribution in [0, 0.1) is 11.8 Å². The van der Waals surface area contributed by atoms with Crippen LogP contribution in [0.5, 0.6) is 0 Å². The molecule has 1 atom stereocenters. The number of carboxylic acids is 1. The molecule has 0 aromatic heterocycles. The van der Waals surface area contributed by atoms with Crippen LogP contribution in [-0.4, -0.2) is 35.1 Å². The molecular formula is C12H19NO2. The van der Waals surface area contributed by atoms with Crippen LogP contribution < -0.4 is 0 Å². The van der Waals surface area contributed by atoms with Gasteiger partial charge in [-0.2, -0.15) is 0 Å². The second kappa shape index (κ2) is 6.47. The highest BCUT2D eigenvalue weighted by Crippen LogP contribution is 2.20. The molecule has 1 aliphatic rings. The number of carboxylic acid groups (broad SMARTS) is 1. The average Bonchev–Trinajstić information content (AvgIpc) is 2.24. The fourth-order valence-corrected chi connectivity index (χ4v) is 2.07. The fourth-order valence-electron chi connectivity index (χ4n) is 2.07. The topological polar surface area (TPSA) is 40.5 Å². The predicted molar refractivity (Wildman–Crippen MR) is 59.5 cm³/mol. The molecule has 1 fully saturated rings. The van der Waals surface area contributed by atoms with Gasteiger partial charge in [0.1, 0.15) is 0 Å².